The van der Waals surface area contributed by atoms with Gasteiger partial charge < -0.3 is 10.9 Å². The van der Waals surface area contributed by atoms with Gasteiger partial charge in [-0.05, 0) is 25.6 Å². The van der Waals surface area contributed by atoms with E-state index in [0.29, 0.717) is 17.8 Å². The Morgan fingerprint density at radius 1 is 1.67 bits per heavy atom. The fourth-order valence-electron chi connectivity index (χ4n) is 0.596. The predicted octanol–water partition coefficient (Wildman–Crippen LogP) is 0.436. The van der Waals surface area contributed by atoms with Gasteiger partial charge in [0.1, 0.15) is 0 Å². The summed E-state index contributed by atoms with van der Waals surface area (Å²) in [5.41, 5.74) is 8.63. The summed E-state index contributed by atoms with van der Waals surface area (Å²) in [6.45, 7) is 3.53. The van der Waals surface area contributed by atoms with Crippen molar-refractivity contribution in [3.8, 4) is 0 Å². The standard InChI is InChI=1S/C6H12N4OS/c1-3-5(4(2)10-11)8-9-6(7)12/h11H,3H2,1-2H3,(H3,7,9,12)/b8-5-,10-4-. The lowest BCUT2D eigenvalue weighted by Crippen LogP contribution is -2.26. The minimum atomic E-state index is 0.0895. The molecule has 0 bridgehead atoms. The van der Waals surface area contributed by atoms with Gasteiger partial charge in [-0.15, -0.1) is 0 Å². The minimum absolute atomic E-state index is 0.0895. The Morgan fingerprint density at radius 2 is 2.25 bits per heavy atom. The molecule has 0 aromatic rings. The van der Waals surface area contributed by atoms with Crippen LogP contribution in [0.5, 0.6) is 0 Å². The van der Waals surface area contributed by atoms with Crippen molar-refractivity contribution < 1.29 is 5.21 Å². The Balaban J connectivity index is 4.33. The van der Waals surface area contributed by atoms with E-state index in [2.05, 4.69) is 27.9 Å². The van der Waals surface area contributed by atoms with Crippen molar-refractivity contribution >= 4 is 28.8 Å². The Hall–Kier alpha value is -1.17. The number of thiocarbonyl (C=S) groups is 1. The van der Waals surface area contributed by atoms with Crippen molar-refractivity contribution in [2.24, 2.45) is 16.0 Å². The average molecular weight is 188 g/mol. The smallest absolute Gasteiger partial charge is 0.184 e. The first-order valence-corrected chi connectivity index (χ1v) is 3.83. The lowest BCUT2D eigenvalue weighted by atomic mass is 10.2. The van der Waals surface area contributed by atoms with Gasteiger partial charge in [0.2, 0.25) is 0 Å². The molecule has 0 saturated carbocycles. The SMILES string of the molecule is CCC(=N/NC(N)=S)/C(C)=N\O. The van der Waals surface area contributed by atoms with Crippen LogP contribution in [-0.2, 0) is 0 Å². The minimum Gasteiger partial charge on any atom is -0.411 e. The number of rotatable bonds is 3. The topological polar surface area (TPSA) is 83.0 Å². The van der Waals surface area contributed by atoms with E-state index in [1.54, 1.807) is 6.92 Å². The number of oxime groups is 1. The molecule has 0 radical (unpaired) electrons. The van der Waals surface area contributed by atoms with E-state index in [9.17, 15) is 0 Å². The van der Waals surface area contributed by atoms with Gasteiger partial charge in [-0.3, -0.25) is 5.43 Å². The van der Waals surface area contributed by atoms with Crippen LogP contribution >= 0.6 is 12.2 Å². The molecule has 0 fully saturated rings. The molecule has 0 aliphatic rings. The lowest BCUT2D eigenvalue weighted by molar-refractivity contribution is 0.319. The number of nitrogens with zero attached hydrogens (tertiary/aromatic N) is 2. The number of nitrogens with two attached hydrogens (primary N) is 1. The van der Waals surface area contributed by atoms with E-state index in [-0.39, 0.29) is 5.11 Å². The highest BCUT2D eigenvalue weighted by molar-refractivity contribution is 7.80. The molecular weight excluding hydrogens is 176 g/mol. The van der Waals surface area contributed by atoms with Crippen molar-refractivity contribution in [1.29, 1.82) is 0 Å². The van der Waals surface area contributed by atoms with Gasteiger partial charge in [0.25, 0.3) is 0 Å². The average Bonchev–Trinajstić information content (AvgIpc) is 2.04. The maximum Gasteiger partial charge on any atom is 0.184 e. The number of hydrazone groups is 1. The molecule has 5 nitrogen and oxygen atoms in total. The molecule has 0 aromatic heterocycles. The van der Waals surface area contributed by atoms with E-state index < -0.39 is 0 Å². The first kappa shape index (κ1) is 10.8. The highest BCUT2D eigenvalue weighted by Gasteiger charge is 2.00. The normalized spacial score (nSPS) is 12.8. The largest absolute Gasteiger partial charge is 0.411 e. The highest BCUT2D eigenvalue weighted by Crippen LogP contribution is 1.88. The zero-order chi connectivity index (χ0) is 9.56. The summed E-state index contributed by atoms with van der Waals surface area (Å²) in [6, 6.07) is 0. The molecule has 0 aromatic carbocycles. The van der Waals surface area contributed by atoms with Crippen LogP contribution in [0.3, 0.4) is 0 Å². The highest BCUT2D eigenvalue weighted by atomic mass is 32.1. The molecule has 68 valence electrons. The molecule has 4 N–H and O–H groups in total. The van der Waals surface area contributed by atoms with E-state index in [1.165, 1.54) is 0 Å². The molecule has 0 rings (SSSR count). The van der Waals surface area contributed by atoms with Crippen molar-refractivity contribution in [2.75, 3.05) is 0 Å². The summed E-state index contributed by atoms with van der Waals surface area (Å²) in [5.74, 6) is 0. The number of hydrogen-bond acceptors (Lipinski definition) is 4. The first-order valence-electron chi connectivity index (χ1n) is 3.42. The van der Waals surface area contributed by atoms with Crippen LogP contribution in [0.2, 0.25) is 0 Å². The summed E-state index contributed by atoms with van der Waals surface area (Å²) in [4.78, 5) is 0. The van der Waals surface area contributed by atoms with E-state index in [0.717, 1.165) is 0 Å². The third-order valence-electron chi connectivity index (χ3n) is 1.20. The third kappa shape index (κ3) is 3.87. The van der Waals surface area contributed by atoms with Crippen LogP contribution in [0, 0.1) is 0 Å². The summed E-state index contributed by atoms with van der Waals surface area (Å²) in [5, 5.41) is 15.3. The van der Waals surface area contributed by atoms with Gasteiger partial charge >= 0.3 is 0 Å². The summed E-state index contributed by atoms with van der Waals surface area (Å²) < 4.78 is 0. The van der Waals surface area contributed by atoms with Gasteiger partial charge in [0.15, 0.2) is 5.11 Å². The van der Waals surface area contributed by atoms with E-state index in [1.807, 2.05) is 6.92 Å². The molecule has 0 unspecified atom stereocenters. The zero-order valence-electron chi connectivity index (χ0n) is 7.03. The predicted molar refractivity (Wildman–Crippen MR) is 52.5 cm³/mol. The van der Waals surface area contributed by atoms with Crippen LogP contribution in [0.4, 0.5) is 0 Å². The van der Waals surface area contributed by atoms with E-state index in [4.69, 9.17) is 10.9 Å². The lowest BCUT2D eigenvalue weighted by Gasteiger charge is -2.01. The van der Waals surface area contributed by atoms with Gasteiger partial charge in [-0.2, -0.15) is 5.10 Å². The maximum absolute atomic E-state index is 8.42. The van der Waals surface area contributed by atoms with Crippen LogP contribution in [0.1, 0.15) is 20.3 Å². The molecule has 0 heterocycles. The summed E-state index contributed by atoms with van der Waals surface area (Å²) in [7, 11) is 0. The van der Waals surface area contributed by atoms with Crippen molar-refractivity contribution in [1.82, 2.24) is 5.43 Å². The van der Waals surface area contributed by atoms with Crippen LogP contribution < -0.4 is 11.2 Å². The van der Waals surface area contributed by atoms with Crippen molar-refractivity contribution in [3.05, 3.63) is 0 Å². The van der Waals surface area contributed by atoms with Crippen molar-refractivity contribution in [3.63, 3.8) is 0 Å². The Kier molecular flexibility index (Phi) is 4.94. The molecule has 0 aliphatic carbocycles. The van der Waals surface area contributed by atoms with Gasteiger partial charge in [0, 0.05) is 0 Å². The second-order valence-corrected chi connectivity index (χ2v) is 2.51. The quantitative estimate of drug-likeness (QED) is 0.260. The maximum atomic E-state index is 8.42. The van der Waals surface area contributed by atoms with Crippen molar-refractivity contribution in [2.45, 2.75) is 20.3 Å². The fourth-order valence-corrected chi connectivity index (χ4v) is 0.642. The zero-order valence-corrected chi connectivity index (χ0v) is 7.85. The fraction of sp³-hybridized carbons (Fsp3) is 0.500. The Labute approximate surface area is 76.3 Å². The third-order valence-corrected chi connectivity index (χ3v) is 1.29. The molecular formula is C6H12N4OS. The molecule has 6 heteroatoms. The summed E-state index contributed by atoms with van der Waals surface area (Å²) in [6.07, 6.45) is 0.644. The molecule has 12 heavy (non-hydrogen) atoms. The van der Waals surface area contributed by atoms with Gasteiger partial charge in [0.05, 0.1) is 11.4 Å². The van der Waals surface area contributed by atoms with Crippen LogP contribution in [0.15, 0.2) is 10.3 Å². The Morgan fingerprint density at radius 3 is 2.58 bits per heavy atom. The van der Waals surface area contributed by atoms with Gasteiger partial charge in [-0.25, -0.2) is 0 Å². The van der Waals surface area contributed by atoms with E-state index >= 15 is 0 Å². The second-order valence-electron chi connectivity index (χ2n) is 2.07. The molecule has 0 amide bonds. The van der Waals surface area contributed by atoms with Gasteiger partial charge in [-0.1, -0.05) is 12.1 Å². The first-order chi connectivity index (χ1) is 5.61. The molecule has 0 atom stereocenters. The van der Waals surface area contributed by atoms with Crippen LogP contribution in [-0.4, -0.2) is 21.7 Å². The van der Waals surface area contributed by atoms with Crippen LogP contribution in [0.25, 0.3) is 0 Å². The summed E-state index contributed by atoms with van der Waals surface area (Å²) >= 11 is 4.54. The molecule has 0 spiro atoms. The number of hydrogen-bond donors (Lipinski definition) is 3. The molecule has 0 saturated heterocycles. The Bertz CT molecular complexity index is 224. The molecule has 0 aliphatic heterocycles. The monoisotopic (exact) mass is 188 g/mol. The second kappa shape index (κ2) is 5.48. The number of nitrogens with one attached hydrogen (secondary N) is 1.